The molecule has 0 radical (unpaired) electrons. The van der Waals surface area contributed by atoms with E-state index in [2.05, 4.69) is 6.58 Å². The summed E-state index contributed by atoms with van der Waals surface area (Å²) in [5.74, 6) is 0.111. The summed E-state index contributed by atoms with van der Waals surface area (Å²) >= 11 is 0. The van der Waals surface area contributed by atoms with Gasteiger partial charge in [-0.25, -0.2) is 4.79 Å². The van der Waals surface area contributed by atoms with Gasteiger partial charge in [-0.15, -0.1) is 0 Å². The maximum Gasteiger partial charge on any atom is 0.338 e. The summed E-state index contributed by atoms with van der Waals surface area (Å²) in [6.45, 7) is 6.04. The smallest absolute Gasteiger partial charge is 0.338 e. The van der Waals surface area contributed by atoms with Crippen LogP contribution in [-0.2, 0) is 4.74 Å². The third kappa shape index (κ3) is 3.00. The summed E-state index contributed by atoms with van der Waals surface area (Å²) in [5, 5.41) is 0. The Labute approximate surface area is 109 Å². The monoisotopic (exact) mass is 244 g/mol. The Morgan fingerprint density at radius 3 is 2.56 bits per heavy atom. The summed E-state index contributed by atoms with van der Waals surface area (Å²) in [4.78, 5) is 12.0. The van der Waals surface area contributed by atoms with Crippen molar-refractivity contribution in [1.82, 2.24) is 0 Å². The molecule has 18 heavy (non-hydrogen) atoms. The Morgan fingerprint density at radius 2 is 1.89 bits per heavy atom. The number of benzene rings is 1. The van der Waals surface area contributed by atoms with Crippen LogP contribution in [0.1, 0.15) is 43.0 Å². The van der Waals surface area contributed by atoms with Crippen LogP contribution in [0.4, 0.5) is 0 Å². The van der Waals surface area contributed by atoms with Crippen molar-refractivity contribution in [1.29, 1.82) is 0 Å². The zero-order valence-corrected chi connectivity index (χ0v) is 10.9. The fourth-order valence-corrected chi connectivity index (χ4v) is 2.58. The molecular weight excluding hydrogens is 224 g/mol. The Morgan fingerprint density at radius 1 is 1.22 bits per heavy atom. The molecule has 2 heteroatoms. The zero-order chi connectivity index (χ0) is 13.0. The summed E-state index contributed by atoms with van der Waals surface area (Å²) in [6, 6.07) is 9.19. The predicted octanol–water partition coefficient (Wildman–Crippen LogP) is 3.98. The fraction of sp³-hybridized carbons (Fsp3) is 0.438. The highest BCUT2D eigenvalue weighted by Crippen LogP contribution is 2.31. The molecule has 2 atom stereocenters. The van der Waals surface area contributed by atoms with E-state index >= 15 is 0 Å². The van der Waals surface area contributed by atoms with Gasteiger partial charge in [0.15, 0.2) is 0 Å². The molecule has 1 saturated carbocycles. The van der Waals surface area contributed by atoms with Gasteiger partial charge in [0.25, 0.3) is 0 Å². The minimum atomic E-state index is -0.214. The number of hydrogen-bond acceptors (Lipinski definition) is 2. The number of carbonyl (C=O) groups is 1. The molecule has 0 saturated heterocycles. The molecule has 0 spiro atoms. The average Bonchev–Trinajstić information content (AvgIpc) is 2.40. The lowest BCUT2D eigenvalue weighted by Crippen LogP contribution is -2.30. The standard InChI is InChI=1S/C16H20O2/c1-12(2)14-10-6-7-11-15(14)18-16(17)13-8-4-3-5-9-13/h3-5,8-9,14-15H,1,6-7,10-11H2,2H3. The minimum absolute atomic E-state index is 0.00366. The second-order valence-electron chi connectivity index (χ2n) is 5.05. The van der Waals surface area contributed by atoms with Gasteiger partial charge in [-0.1, -0.05) is 36.8 Å². The van der Waals surface area contributed by atoms with Crippen LogP contribution in [0.25, 0.3) is 0 Å². The lowest BCUT2D eigenvalue weighted by Gasteiger charge is -2.31. The molecule has 0 heterocycles. The summed E-state index contributed by atoms with van der Waals surface area (Å²) in [5.41, 5.74) is 1.75. The maximum absolute atomic E-state index is 12.0. The first-order valence-electron chi connectivity index (χ1n) is 6.60. The van der Waals surface area contributed by atoms with Crippen molar-refractivity contribution in [2.45, 2.75) is 38.7 Å². The quantitative estimate of drug-likeness (QED) is 0.594. The Kier molecular flexibility index (Phi) is 4.19. The van der Waals surface area contributed by atoms with E-state index in [1.54, 1.807) is 12.1 Å². The van der Waals surface area contributed by atoms with Gasteiger partial charge in [-0.3, -0.25) is 0 Å². The molecular formula is C16H20O2. The number of esters is 1. The molecule has 0 aliphatic heterocycles. The molecule has 2 nitrogen and oxygen atoms in total. The van der Waals surface area contributed by atoms with Crippen LogP contribution in [0.15, 0.2) is 42.5 Å². The van der Waals surface area contributed by atoms with Crippen LogP contribution in [0.3, 0.4) is 0 Å². The normalized spacial score (nSPS) is 23.4. The van der Waals surface area contributed by atoms with Gasteiger partial charge in [0, 0.05) is 5.92 Å². The predicted molar refractivity (Wildman–Crippen MR) is 72.4 cm³/mol. The first kappa shape index (κ1) is 12.9. The van der Waals surface area contributed by atoms with Crippen LogP contribution in [0, 0.1) is 5.92 Å². The fourth-order valence-electron chi connectivity index (χ4n) is 2.58. The first-order chi connectivity index (χ1) is 8.68. The average molecular weight is 244 g/mol. The van der Waals surface area contributed by atoms with E-state index in [0.29, 0.717) is 11.5 Å². The maximum atomic E-state index is 12.0. The van der Waals surface area contributed by atoms with E-state index in [9.17, 15) is 4.79 Å². The molecule has 2 unspecified atom stereocenters. The van der Waals surface area contributed by atoms with Crippen LogP contribution in [0.5, 0.6) is 0 Å². The molecule has 96 valence electrons. The van der Waals surface area contributed by atoms with Gasteiger partial charge >= 0.3 is 5.97 Å². The number of carbonyl (C=O) groups excluding carboxylic acids is 1. The van der Waals surface area contributed by atoms with Crippen molar-refractivity contribution in [2.24, 2.45) is 5.92 Å². The third-order valence-electron chi connectivity index (χ3n) is 3.60. The van der Waals surface area contributed by atoms with E-state index in [-0.39, 0.29) is 12.1 Å². The molecule has 0 N–H and O–H groups in total. The second kappa shape index (κ2) is 5.85. The van der Waals surface area contributed by atoms with Crippen LogP contribution in [0.2, 0.25) is 0 Å². The summed E-state index contributed by atoms with van der Waals surface area (Å²) < 4.78 is 5.65. The lowest BCUT2D eigenvalue weighted by molar-refractivity contribution is 0.00794. The molecule has 0 aromatic heterocycles. The molecule has 1 aliphatic carbocycles. The van der Waals surface area contributed by atoms with Gasteiger partial charge in [0.2, 0.25) is 0 Å². The Hall–Kier alpha value is -1.57. The van der Waals surface area contributed by atoms with E-state index in [1.807, 2.05) is 25.1 Å². The molecule has 2 rings (SSSR count). The molecule has 0 amide bonds. The van der Waals surface area contributed by atoms with Crippen molar-refractivity contribution in [2.75, 3.05) is 0 Å². The van der Waals surface area contributed by atoms with Crippen LogP contribution >= 0.6 is 0 Å². The Bertz CT molecular complexity index is 422. The highest BCUT2D eigenvalue weighted by Gasteiger charge is 2.28. The van der Waals surface area contributed by atoms with E-state index in [4.69, 9.17) is 4.74 Å². The van der Waals surface area contributed by atoms with Gasteiger partial charge in [-0.2, -0.15) is 0 Å². The van der Waals surface area contributed by atoms with E-state index in [0.717, 1.165) is 24.8 Å². The summed E-state index contributed by atoms with van der Waals surface area (Å²) in [7, 11) is 0. The Balaban J connectivity index is 2.03. The van der Waals surface area contributed by atoms with Crippen LogP contribution < -0.4 is 0 Å². The number of rotatable bonds is 3. The van der Waals surface area contributed by atoms with E-state index < -0.39 is 0 Å². The number of hydrogen-bond donors (Lipinski definition) is 0. The molecule has 1 fully saturated rings. The van der Waals surface area contributed by atoms with Crippen molar-refractivity contribution in [3.8, 4) is 0 Å². The lowest BCUT2D eigenvalue weighted by atomic mass is 9.82. The summed E-state index contributed by atoms with van der Waals surface area (Å²) in [6.07, 6.45) is 4.38. The van der Waals surface area contributed by atoms with Gasteiger partial charge in [0.1, 0.15) is 6.10 Å². The topological polar surface area (TPSA) is 26.3 Å². The minimum Gasteiger partial charge on any atom is -0.458 e. The molecule has 1 aliphatic rings. The highest BCUT2D eigenvalue weighted by molar-refractivity contribution is 5.89. The second-order valence-corrected chi connectivity index (χ2v) is 5.05. The van der Waals surface area contributed by atoms with E-state index in [1.165, 1.54) is 6.42 Å². The largest absolute Gasteiger partial charge is 0.458 e. The van der Waals surface area contributed by atoms with Crippen molar-refractivity contribution in [3.05, 3.63) is 48.0 Å². The van der Waals surface area contributed by atoms with Crippen LogP contribution in [-0.4, -0.2) is 12.1 Å². The third-order valence-corrected chi connectivity index (χ3v) is 3.60. The first-order valence-corrected chi connectivity index (χ1v) is 6.60. The van der Waals surface area contributed by atoms with Gasteiger partial charge in [0.05, 0.1) is 5.56 Å². The zero-order valence-electron chi connectivity index (χ0n) is 10.9. The molecule has 1 aromatic rings. The van der Waals surface area contributed by atoms with Gasteiger partial charge in [-0.05, 0) is 38.3 Å². The molecule has 0 bridgehead atoms. The van der Waals surface area contributed by atoms with Crippen molar-refractivity contribution < 1.29 is 9.53 Å². The SMILES string of the molecule is C=C(C)C1CCCCC1OC(=O)c1ccccc1. The van der Waals surface area contributed by atoms with Crippen molar-refractivity contribution >= 4 is 5.97 Å². The van der Waals surface area contributed by atoms with Gasteiger partial charge < -0.3 is 4.74 Å². The molecule has 1 aromatic carbocycles. The van der Waals surface area contributed by atoms with Crippen molar-refractivity contribution in [3.63, 3.8) is 0 Å². The number of ether oxygens (including phenoxy) is 1. The highest BCUT2D eigenvalue weighted by atomic mass is 16.5.